The lowest BCUT2D eigenvalue weighted by Gasteiger charge is -2.27. The summed E-state index contributed by atoms with van der Waals surface area (Å²) < 4.78 is 23.4. The molecule has 2 amide bonds. The zero-order valence-electron chi connectivity index (χ0n) is 14.5. The van der Waals surface area contributed by atoms with Crippen molar-refractivity contribution in [3.05, 3.63) is 47.8 Å². The van der Waals surface area contributed by atoms with Crippen LogP contribution in [0.5, 0.6) is 0 Å². The molecule has 0 radical (unpaired) electrons. The monoisotopic (exact) mass is 372 g/mol. The van der Waals surface area contributed by atoms with Crippen LogP contribution in [0.15, 0.2) is 36.5 Å². The van der Waals surface area contributed by atoms with Crippen LogP contribution in [-0.4, -0.2) is 46.4 Å². The van der Waals surface area contributed by atoms with Crippen molar-refractivity contribution in [2.45, 2.75) is 32.0 Å². The minimum Gasteiger partial charge on any atom is -0.332 e. The maximum atomic E-state index is 12.6. The lowest BCUT2D eigenvalue weighted by Crippen LogP contribution is -2.51. The van der Waals surface area contributed by atoms with Gasteiger partial charge in [0.25, 0.3) is 0 Å². The minimum atomic E-state index is -3.07. The predicted octanol–water partition coefficient (Wildman–Crippen LogP) is 1.75. The second kappa shape index (κ2) is 6.05. The molecule has 0 saturated carbocycles. The van der Waals surface area contributed by atoms with Crippen molar-refractivity contribution in [3.8, 4) is 11.4 Å². The van der Waals surface area contributed by atoms with Crippen LogP contribution < -0.4 is 5.32 Å². The average molecular weight is 372 g/mol. The summed E-state index contributed by atoms with van der Waals surface area (Å²) >= 11 is 0. The summed E-state index contributed by atoms with van der Waals surface area (Å²) in [7, 11) is -3.07. The standard InChI is InChI=1S/C18H20N4O3S/c1-18(7-8-26(24,25)12-18)21-17(23)22-10-14-9-19-16(20-15(14)11-22)13-5-3-2-4-6-13/h2-6,9H,7-8,10-12H2,1H3,(H,21,23). The summed E-state index contributed by atoms with van der Waals surface area (Å²) in [5.74, 6) is 0.751. The molecular formula is C18H20N4O3S. The number of nitrogens with zero attached hydrogens (tertiary/aromatic N) is 3. The lowest BCUT2D eigenvalue weighted by molar-refractivity contribution is 0.187. The molecule has 0 spiro atoms. The Hall–Kier alpha value is -2.48. The molecule has 4 rings (SSSR count). The van der Waals surface area contributed by atoms with Crippen LogP contribution in [0.2, 0.25) is 0 Å². The van der Waals surface area contributed by atoms with Crippen LogP contribution in [0.1, 0.15) is 24.6 Å². The van der Waals surface area contributed by atoms with Gasteiger partial charge in [-0.1, -0.05) is 30.3 Å². The van der Waals surface area contributed by atoms with E-state index in [1.807, 2.05) is 30.3 Å². The van der Waals surface area contributed by atoms with E-state index >= 15 is 0 Å². The molecule has 1 fully saturated rings. The second-order valence-electron chi connectivity index (χ2n) is 7.22. The van der Waals surface area contributed by atoms with Crippen molar-refractivity contribution in [2.75, 3.05) is 11.5 Å². The van der Waals surface area contributed by atoms with Gasteiger partial charge in [-0.05, 0) is 13.3 Å². The molecule has 3 heterocycles. The Bertz CT molecular complexity index is 962. The quantitative estimate of drug-likeness (QED) is 0.867. The van der Waals surface area contributed by atoms with Crippen molar-refractivity contribution in [2.24, 2.45) is 0 Å². The zero-order chi connectivity index (χ0) is 18.4. The second-order valence-corrected chi connectivity index (χ2v) is 9.40. The first-order valence-corrected chi connectivity index (χ1v) is 10.3. The Labute approximate surface area is 152 Å². The van der Waals surface area contributed by atoms with Crippen LogP contribution in [0.4, 0.5) is 4.79 Å². The van der Waals surface area contributed by atoms with Crippen molar-refractivity contribution in [3.63, 3.8) is 0 Å². The molecule has 2 aromatic rings. The number of carbonyl (C=O) groups is 1. The minimum absolute atomic E-state index is 0.00944. The van der Waals surface area contributed by atoms with Gasteiger partial charge in [-0.2, -0.15) is 0 Å². The van der Waals surface area contributed by atoms with Crippen molar-refractivity contribution in [1.29, 1.82) is 0 Å². The van der Waals surface area contributed by atoms with Gasteiger partial charge in [0.15, 0.2) is 15.7 Å². The molecule has 7 nitrogen and oxygen atoms in total. The highest BCUT2D eigenvalue weighted by atomic mass is 32.2. The Balaban J connectivity index is 1.48. The third-order valence-corrected chi connectivity index (χ3v) is 6.79. The topological polar surface area (TPSA) is 92.3 Å². The van der Waals surface area contributed by atoms with Crippen LogP contribution >= 0.6 is 0 Å². The maximum Gasteiger partial charge on any atom is 0.318 e. The van der Waals surface area contributed by atoms with Crippen LogP contribution in [0, 0.1) is 0 Å². The first kappa shape index (κ1) is 17.0. The first-order valence-electron chi connectivity index (χ1n) is 8.51. The molecule has 0 bridgehead atoms. The number of fused-ring (bicyclic) bond motifs is 1. The van der Waals surface area contributed by atoms with Crippen molar-refractivity contribution >= 4 is 15.9 Å². The van der Waals surface area contributed by atoms with Crippen LogP contribution in [-0.2, 0) is 22.9 Å². The summed E-state index contributed by atoms with van der Waals surface area (Å²) in [4.78, 5) is 23.3. The van der Waals surface area contributed by atoms with E-state index in [4.69, 9.17) is 0 Å². The fourth-order valence-electron chi connectivity index (χ4n) is 3.47. The summed E-state index contributed by atoms with van der Waals surface area (Å²) in [5.41, 5.74) is 1.98. The van der Waals surface area contributed by atoms with E-state index in [2.05, 4.69) is 15.3 Å². The number of carbonyl (C=O) groups excluding carboxylic acids is 1. The summed E-state index contributed by atoms with van der Waals surface area (Å²) in [5, 5.41) is 2.89. The average Bonchev–Trinajstić information content (AvgIpc) is 3.15. The highest BCUT2D eigenvalue weighted by Crippen LogP contribution is 2.26. The van der Waals surface area contributed by atoms with Crippen LogP contribution in [0.3, 0.4) is 0 Å². The Morgan fingerprint density at radius 1 is 1.23 bits per heavy atom. The zero-order valence-corrected chi connectivity index (χ0v) is 15.3. The van der Waals surface area contributed by atoms with Gasteiger partial charge < -0.3 is 10.2 Å². The molecule has 2 aliphatic rings. The molecule has 26 heavy (non-hydrogen) atoms. The Morgan fingerprint density at radius 3 is 2.69 bits per heavy atom. The molecule has 0 aliphatic carbocycles. The van der Waals surface area contributed by atoms with Gasteiger partial charge in [-0.3, -0.25) is 0 Å². The fraction of sp³-hybridized carbons (Fsp3) is 0.389. The number of hydrogen-bond donors (Lipinski definition) is 1. The third kappa shape index (κ3) is 3.29. The van der Waals surface area contributed by atoms with Gasteiger partial charge in [0.2, 0.25) is 0 Å². The molecule has 8 heteroatoms. The smallest absolute Gasteiger partial charge is 0.318 e. The van der Waals surface area contributed by atoms with Gasteiger partial charge in [0, 0.05) is 17.3 Å². The molecule has 1 atom stereocenters. The van der Waals surface area contributed by atoms with Gasteiger partial charge in [0.1, 0.15) is 0 Å². The maximum absolute atomic E-state index is 12.6. The van der Waals surface area contributed by atoms with E-state index in [1.54, 1.807) is 18.0 Å². The van der Waals surface area contributed by atoms with E-state index in [0.29, 0.717) is 25.3 Å². The highest BCUT2D eigenvalue weighted by molar-refractivity contribution is 7.91. The SMILES string of the molecule is CC1(NC(=O)N2Cc3cnc(-c4ccccc4)nc3C2)CCS(=O)(=O)C1. The number of benzene rings is 1. The molecule has 1 aromatic carbocycles. The van der Waals surface area contributed by atoms with Crippen LogP contribution in [0.25, 0.3) is 11.4 Å². The van der Waals surface area contributed by atoms with Crippen molar-refractivity contribution in [1.82, 2.24) is 20.2 Å². The fourth-order valence-corrected chi connectivity index (χ4v) is 5.56. The van der Waals surface area contributed by atoms with Gasteiger partial charge in [-0.15, -0.1) is 0 Å². The first-order chi connectivity index (χ1) is 12.3. The molecule has 1 aromatic heterocycles. The number of urea groups is 1. The molecular weight excluding hydrogens is 352 g/mol. The molecule has 1 N–H and O–H groups in total. The van der Waals surface area contributed by atoms with Crippen molar-refractivity contribution < 1.29 is 13.2 Å². The molecule has 2 aliphatic heterocycles. The number of rotatable bonds is 2. The largest absolute Gasteiger partial charge is 0.332 e. The number of aromatic nitrogens is 2. The van der Waals surface area contributed by atoms with E-state index < -0.39 is 15.4 Å². The van der Waals surface area contributed by atoms with E-state index in [-0.39, 0.29) is 17.5 Å². The summed E-state index contributed by atoms with van der Waals surface area (Å²) in [6.45, 7) is 2.61. The Kier molecular flexibility index (Phi) is 3.95. The molecule has 1 unspecified atom stereocenters. The van der Waals surface area contributed by atoms with E-state index in [9.17, 15) is 13.2 Å². The highest BCUT2D eigenvalue weighted by Gasteiger charge is 2.40. The number of sulfone groups is 1. The number of hydrogen-bond acceptors (Lipinski definition) is 5. The van der Waals surface area contributed by atoms with Gasteiger partial charge in [-0.25, -0.2) is 23.2 Å². The Morgan fingerprint density at radius 2 is 2.00 bits per heavy atom. The normalized spacial score (nSPS) is 23.7. The molecule has 1 saturated heterocycles. The predicted molar refractivity (Wildman–Crippen MR) is 96.9 cm³/mol. The van der Waals surface area contributed by atoms with E-state index in [0.717, 1.165) is 16.8 Å². The molecule has 136 valence electrons. The number of amides is 2. The summed E-state index contributed by atoms with van der Waals surface area (Å²) in [6.07, 6.45) is 2.21. The van der Waals surface area contributed by atoms with Gasteiger partial charge in [0.05, 0.1) is 35.8 Å². The lowest BCUT2D eigenvalue weighted by atomic mass is 10.0. The number of nitrogens with one attached hydrogen (secondary N) is 1. The van der Waals surface area contributed by atoms with Gasteiger partial charge >= 0.3 is 6.03 Å². The van der Waals surface area contributed by atoms with E-state index in [1.165, 1.54) is 0 Å². The third-order valence-electron chi connectivity index (χ3n) is 4.89. The summed E-state index contributed by atoms with van der Waals surface area (Å²) in [6, 6.07) is 9.44.